The van der Waals surface area contributed by atoms with E-state index in [0.717, 1.165) is 10.8 Å². The van der Waals surface area contributed by atoms with Crippen molar-refractivity contribution >= 4 is 22.6 Å². The normalized spacial score (nSPS) is 18.4. The topological polar surface area (TPSA) is 87.5 Å². The summed E-state index contributed by atoms with van der Waals surface area (Å²) in [5.74, 6) is -0.764. The first-order chi connectivity index (χ1) is 19.3. The molecule has 3 aromatic rings. The molecule has 220 valence electrons. The number of nitrogens with two attached hydrogens (primary N) is 1. The maximum absolute atomic E-state index is 13.4. The number of hydrogen-bond acceptors (Lipinski definition) is 4. The van der Waals surface area contributed by atoms with E-state index in [2.05, 4.69) is 10.6 Å². The van der Waals surface area contributed by atoms with Gasteiger partial charge in [-0.15, -0.1) is 0 Å². The third kappa shape index (κ3) is 7.76. The van der Waals surface area contributed by atoms with E-state index in [0.29, 0.717) is 37.0 Å². The van der Waals surface area contributed by atoms with Gasteiger partial charge in [0, 0.05) is 31.2 Å². The van der Waals surface area contributed by atoms with Gasteiger partial charge in [0.15, 0.2) is 0 Å². The van der Waals surface area contributed by atoms with Crippen molar-refractivity contribution in [2.75, 3.05) is 19.6 Å². The molecular formula is C29H30F6N4O2. The highest BCUT2D eigenvalue weighted by Gasteiger charge is 2.38. The summed E-state index contributed by atoms with van der Waals surface area (Å²) in [5.41, 5.74) is 2.93. The fourth-order valence-corrected chi connectivity index (χ4v) is 4.91. The van der Waals surface area contributed by atoms with Crippen molar-refractivity contribution in [3.05, 3.63) is 82.9 Å². The second-order valence-corrected chi connectivity index (χ2v) is 10.1. The Labute approximate surface area is 232 Å². The molecule has 1 saturated heterocycles. The molecule has 12 heteroatoms. The fraction of sp³-hybridized carbons (Fsp3) is 0.379. The molecule has 1 aliphatic rings. The molecule has 1 heterocycles. The van der Waals surface area contributed by atoms with Crippen LogP contribution in [0.5, 0.6) is 0 Å². The summed E-state index contributed by atoms with van der Waals surface area (Å²) in [5, 5.41) is 7.95. The Morgan fingerprint density at radius 1 is 0.951 bits per heavy atom. The SMILES string of the molecule is NCCC[C@@H]1N[C@H](CNC(=O)c2ccc3ccccc3c2)CCN(Cc2cc(C(F)(F)F)cc(C(F)(F)F)c2)C1=O. The smallest absolute Gasteiger partial charge is 0.350 e. The van der Waals surface area contributed by atoms with E-state index in [1.54, 1.807) is 12.1 Å². The monoisotopic (exact) mass is 580 g/mol. The van der Waals surface area contributed by atoms with Crippen molar-refractivity contribution in [1.29, 1.82) is 0 Å². The minimum absolute atomic E-state index is 0.0631. The number of carbonyl (C=O) groups is 2. The quantitative estimate of drug-likeness (QED) is 0.324. The van der Waals surface area contributed by atoms with E-state index in [-0.39, 0.29) is 43.2 Å². The number of rotatable bonds is 8. The molecule has 2 atom stereocenters. The fourth-order valence-electron chi connectivity index (χ4n) is 4.91. The average molecular weight is 581 g/mol. The number of carbonyl (C=O) groups excluding carboxylic acids is 2. The summed E-state index contributed by atoms with van der Waals surface area (Å²) >= 11 is 0. The van der Waals surface area contributed by atoms with Crippen molar-refractivity contribution < 1.29 is 35.9 Å². The van der Waals surface area contributed by atoms with E-state index in [1.807, 2.05) is 30.3 Å². The van der Waals surface area contributed by atoms with Gasteiger partial charge < -0.3 is 21.3 Å². The predicted octanol–water partition coefficient (Wildman–Crippen LogP) is 5.11. The number of nitrogens with zero attached hydrogens (tertiary/aromatic N) is 1. The summed E-state index contributed by atoms with van der Waals surface area (Å²) in [6.45, 7) is 0.0902. The molecule has 4 N–H and O–H groups in total. The largest absolute Gasteiger partial charge is 0.416 e. The number of nitrogens with one attached hydrogen (secondary N) is 2. The molecule has 3 aromatic carbocycles. The van der Waals surface area contributed by atoms with Crippen LogP contribution in [0.25, 0.3) is 10.8 Å². The van der Waals surface area contributed by atoms with Crippen LogP contribution in [0.1, 0.15) is 46.3 Å². The molecule has 41 heavy (non-hydrogen) atoms. The summed E-state index contributed by atoms with van der Waals surface area (Å²) in [6, 6.07) is 13.1. The van der Waals surface area contributed by atoms with Crippen molar-refractivity contribution in [2.45, 2.75) is 50.2 Å². The lowest BCUT2D eigenvalue weighted by Gasteiger charge is -2.25. The van der Waals surface area contributed by atoms with Gasteiger partial charge in [-0.2, -0.15) is 26.3 Å². The van der Waals surface area contributed by atoms with E-state index in [9.17, 15) is 35.9 Å². The van der Waals surface area contributed by atoms with E-state index < -0.39 is 42.0 Å². The van der Waals surface area contributed by atoms with Crippen LogP contribution in [0.15, 0.2) is 60.7 Å². The summed E-state index contributed by atoms with van der Waals surface area (Å²) in [7, 11) is 0. The second kappa shape index (κ2) is 12.5. The maximum atomic E-state index is 13.4. The molecule has 0 aliphatic carbocycles. The minimum atomic E-state index is -4.99. The van der Waals surface area contributed by atoms with Crippen LogP contribution in [0.3, 0.4) is 0 Å². The Balaban J connectivity index is 1.49. The Hall–Kier alpha value is -3.64. The zero-order valence-corrected chi connectivity index (χ0v) is 22.0. The van der Waals surface area contributed by atoms with E-state index >= 15 is 0 Å². The van der Waals surface area contributed by atoms with Gasteiger partial charge in [-0.05, 0) is 72.5 Å². The highest BCUT2D eigenvalue weighted by Crippen LogP contribution is 2.36. The molecule has 0 saturated carbocycles. The first kappa shape index (κ1) is 30.3. The Morgan fingerprint density at radius 2 is 1.61 bits per heavy atom. The first-order valence-electron chi connectivity index (χ1n) is 13.2. The van der Waals surface area contributed by atoms with Crippen LogP contribution < -0.4 is 16.4 Å². The third-order valence-electron chi connectivity index (χ3n) is 7.03. The number of alkyl halides is 6. The molecule has 0 bridgehead atoms. The zero-order chi connectivity index (χ0) is 29.8. The van der Waals surface area contributed by atoms with Gasteiger partial charge in [0.2, 0.25) is 5.91 Å². The van der Waals surface area contributed by atoms with Gasteiger partial charge in [0.05, 0.1) is 17.2 Å². The summed E-state index contributed by atoms with van der Waals surface area (Å²) in [6.07, 6.45) is -8.88. The molecule has 0 unspecified atom stereocenters. The Morgan fingerprint density at radius 3 is 2.24 bits per heavy atom. The van der Waals surface area contributed by atoms with Crippen molar-refractivity contribution in [3.63, 3.8) is 0 Å². The molecular weight excluding hydrogens is 550 g/mol. The molecule has 4 rings (SSSR count). The van der Waals surface area contributed by atoms with Crippen molar-refractivity contribution in [3.8, 4) is 0 Å². The minimum Gasteiger partial charge on any atom is -0.350 e. The van der Waals surface area contributed by atoms with Crippen LogP contribution in [0.2, 0.25) is 0 Å². The lowest BCUT2D eigenvalue weighted by Crippen LogP contribution is -2.48. The predicted molar refractivity (Wildman–Crippen MR) is 142 cm³/mol. The van der Waals surface area contributed by atoms with Gasteiger partial charge in [0.25, 0.3) is 5.91 Å². The number of benzene rings is 3. The zero-order valence-electron chi connectivity index (χ0n) is 22.0. The highest BCUT2D eigenvalue weighted by molar-refractivity contribution is 5.98. The second-order valence-electron chi connectivity index (χ2n) is 10.1. The van der Waals surface area contributed by atoms with Crippen LogP contribution in [-0.4, -0.2) is 48.4 Å². The van der Waals surface area contributed by atoms with Gasteiger partial charge in [-0.3, -0.25) is 9.59 Å². The average Bonchev–Trinajstić information content (AvgIpc) is 3.07. The Kier molecular flexibility index (Phi) is 9.23. The van der Waals surface area contributed by atoms with E-state index in [1.165, 1.54) is 4.90 Å². The maximum Gasteiger partial charge on any atom is 0.416 e. The molecule has 6 nitrogen and oxygen atoms in total. The first-order valence-corrected chi connectivity index (χ1v) is 13.2. The van der Waals surface area contributed by atoms with Crippen LogP contribution in [0.4, 0.5) is 26.3 Å². The van der Waals surface area contributed by atoms with E-state index in [4.69, 9.17) is 5.73 Å². The third-order valence-corrected chi connectivity index (χ3v) is 7.03. The van der Waals surface area contributed by atoms with Crippen LogP contribution in [0, 0.1) is 0 Å². The van der Waals surface area contributed by atoms with Gasteiger partial charge in [-0.1, -0.05) is 30.3 Å². The highest BCUT2D eigenvalue weighted by atomic mass is 19.4. The van der Waals surface area contributed by atoms with Crippen molar-refractivity contribution in [1.82, 2.24) is 15.5 Å². The molecule has 1 fully saturated rings. The lowest BCUT2D eigenvalue weighted by molar-refractivity contribution is -0.143. The molecule has 0 spiro atoms. The van der Waals surface area contributed by atoms with Gasteiger partial charge in [-0.25, -0.2) is 0 Å². The van der Waals surface area contributed by atoms with Crippen molar-refractivity contribution in [2.24, 2.45) is 5.73 Å². The van der Waals surface area contributed by atoms with Crippen LogP contribution in [-0.2, 0) is 23.7 Å². The Bertz CT molecular complexity index is 1360. The van der Waals surface area contributed by atoms with Crippen LogP contribution >= 0.6 is 0 Å². The van der Waals surface area contributed by atoms with Gasteiger partial charge in [0.1, 0.15) is 0 Å². The summed E-state index contributed by atoms with van der Waals surface area (Å²) in [4.78, 5) is 27.4. The number of halogens is 6. The molecule has 1 aliphatic heterocycles. The van der Waals surface area contributed by atoms with Gasteiger partial charge >= 0.3 is 12.4 Å². The number of amides is 2. The summed E-state index contributed by atoms with van der Waals surface area (Å²) < 4.78 is 80.1. The number of hydrogen-bond donors (Lipinski definition) is 3. The molecule has 2 amide bonds. The number of fused-ring (bicyclic) bond motifs is 1. The molecule has 0 radical (unpaired) electrons. The standard InChI is InChI=1S/C29H30F6N4O2/c30-28(31,32)22-12-18(13-23(15-22)29(33,34)35)17-39-11-9-24(38-25(27(39)41)6-3-10-36)16-37-26(40)21-8-7-19-4-1-2-5-20(19)14-21/h1-2,4-5,7-8,12-15,24-25,38H,3,6,9-11,16-17,36H2,(H,37,40)/t24-,25-/m0/s1. The molecule has 0 aromatic heterocycles. The lowest BCUT2D eigenvalue weighted by atomic mass is 10.0.